The summed E-state index contributed by atoms with van der Waals surface area (Å²) < 4.78 is 0. The first-order chi connectivity index (χ1) is 14.6. The molecule has 0 spiro atoms. The lowest BCUT2D eigenvalue weighted by Crippen LogP contribution is -2.67. The molecule has 4 saturated carbocycles. The Hall–Kier alpha value is -0.340. The van der Waals surface area contributed by atoms with Gasteiger partial charge in [0.2, 0.25) is 0 Å². The summed E-state index contributed by atoms with van der Waals surface area (Å²) in [6.07, 6.45) is 12.8. The van der Waals surface area contributed by atoms with E-state index in [1.807, 2.05) is 5.57 Å². The molecule has 0 saturated heterocycles. The van der Waals surface area contributed by atoms with Crippen LogP contribution in [-0.4, -0.2) is 22.4 Å². The molecule has 0 aromatic rings. The van der Waals surface area contributed by atoms with Crippen LogP contribution in [0.25, 0.3) is 0 Å². The highest BCUT2D eigenvalue weighted by Crippen LogP contribution is 2.76. The standard InChI is InChI=1S/C30H50O2/c1-25(2)13-14-27(5)15-16-29(7)19(20(27)17-25)9-10-23-28(6)18-21(31)24(32)26(3,4)22(28)11-12-30(23,29)8/h17,19,21-24,31-32H,9-16,18H2,1-8H3/t19-,21-,22+,23-,24+,27-,28+,29-,30-/m1/s1. The molecule has 4 fully saturated rings. The molecule has 5 aliphatic rings. The fourth-order valence-corrected chi connectivity index (χ4v) is 10.8. The molecule has 0 aliphatic heterocycles. The van der Waals surface area contributed by atoms with Gasteiger partial charge in [-0.25, -0.2) is 0 Å². The number of aliphatic hydroxyl groups excluding tert-OH is 2. The van der Waals surface area contributed by atoms with E-state index in [-0.39, 0.29) is 10.8 Å². The fourth-order valence-electron chi connectivity index (χ4n) is 10.8. The second-order valence-electron chi connectivity index (χ2n) is 15.3. The number of hydrogen-bond acceptors (Lipinski definition) is 2. The zero-order valence-corrected chi connectivity index (χ0v) is 22.2. The molecular weight excluding hydrogens is 392 g/mol. The zero-order chi connectivity index (χ0) is 23.5. The molecule has 182 valence electrons. The van der Waals surface area contributed by atoms with Crippen LogP contribution in [-0.2, 0) is 0 Å². The predicted molar refractivity (Wildman–Crippen MR) is 132 cm³/mol. The van der Waals surface area contributed by atoms with E-state index in [2.05, 4.69) is 61.5 Å². The molecule has 32 heavy (non-hydrogen) atoms. The maximum Gasteiger partial charge on any atom is 0.0852 e. The predicted octanol–water partition coefficient (Wildman–Crippen LogP) is 7.14. The largest absolute Gasteiger partial charge is 0.390 e. The van der Waals surface area contributed by atoms with Gasteiger partial charge in [0.15, 0.2) is 0 Å². The number of rotatable bonds is 0. The fraction of sp³-hybridized carbons (Fsp3) is 0.933. The van der Waals surface area contributed by atoms with E-state index in [0.717, 1.165) is 6.42 Å². The van der Waals surface area contributed by atoms with Gasteiger partial charge in [0, 0.05) is 0 Å². The van der Waals surface area contributed by atoms with Gasteiger partial charge in [-0.3, -0.25) is 0 Å². The second kappa shape index (κ2) is 6.66. The summed E-state index contributed by atoms with van der Waals surface area (Å²) in [5.41, 5.74) is 3.11. The molecule has 0 heterocycles. The Bertz CT molecular complexity index is 825. The van der Waals surface area contributed by atoms with Gasteiger partial charge < -0.3 is 10.2 Å². The van der Waals surface area contributed by atoms with Gasteiger partial charge in [-0.15, -0.1) is 0 Å². The molecule has 5 aliphatic carbocycles. The van der Waals surface area contributed by atoms with Crippen molar-refractivity contribution in [3.05, 3.63) is 11.6 Å². The summed E-state index contributed by atoms with van der Waals surface area (Å²) in [6.45, 7) is 19.7. The highest BCUT2D eigenvalue weighted by atomic mass is 16.3. The Morgan fingerprint density at radius 3 is 2.06 bits per heavy atom. The van der Waals surface area contributed by atoms with Crippen molar-refractivity contribution in [1.29, 1.82) is 0 Å². The molecule has 0 bridgehead atoms. The van der Waals surface area contributed by atoms with Gasteiger partial charge in [0.25, 0.3) is 0 Å². The summed E-state index contributed by atoms with van der Waals surface area (Å²) in [6, 6.07) is 0. The summed E-state index contributed by atoms with van der Waals surface area (Å²) in [4.78, 5) is 0. The quantitative estimate of drug-likeness (QED) is 0.391. The third-order valence-corrected chi connectivity index (χ3v) is 12.9. The summed E-state index contributed by atoms with van der Waals surface area (Å²) >= 11 is 0. The monoisotopic (exact) mass is 442 g/mol. The molecule has 2 N–H and O–H groups in total. The Kier molecular flexibility index (Phi) is 4.87. The van der Waals surface area contributed by atoms with Crippen molar-refractivity contribution >= 4 is 0 Å². The minimum absolute atomic E-state index is 0.115. The highest BCUT2D eigenvalue weighted by molar-refractivity contribution is 5.31. The Labute approximate surface area is 197 Å². The second-order valence-corrected chi connectivity index (χ2v) is 15.3. The third kappa shape index (κ3) is 2.78. The average molecular weight is 443 g/mol. The van der Waals surface area contributed by atoms with E-state index in [1.54, 1.807) is 0 Å². The van der Waals surface area contributed by atoms with Crippen LogP contribution in [0, 0.1) is 50.2 Å². The molecule has 2 heteroatoms. The van der Waals surface area contributed by atoms with Gasteiger partial charge >= 0.3 is 0 Å². The number of aliphatic hydroxyl groups is 2. The van der Waals surface area contributed by atoms with Crippen molar-refractivity contribution < 1.29 is 10.2 Å². The van der Waals surface area contributed by atoms with Crippen molar-refractivity contribution in [2.24, 2.45) is 50.2 Å². The topological polar surface area (TPSA) is 40.5 Å². The minimum Gasteiger partial charge on any atom is -0.390 e. The molecule has 5 rings (SSSR count). The molecule has 0 unspecified atom stereocenters. The molecule has 2 nitrogen and oxygen atoms in total. The highest BCUT2D eigenvalue weighted by Gasteiger charge is 2.69. The summed E-state index contributed by atoms with van der Waals surface area (Å²) in [5.74, 6) is 1.85. The number of hydrogen-bond donors (Lipinski definition) is 2. The summed E-state index contributed by atoms with van der Waals surface area (Å²) in [7, 11) is 0. The van der Waals surface area contributed by atoms with E-state index in [9.17, 15) is 10.2 Å². The zero-order valence-electron chi connectivity index (χ0n) is 22.2. The van der Waals surface area contributed by atoms with Crippen molar-refractivity contribution in [3.8, 4) is 0 Å². The normalized spacial score (nSPS) is 56.2. The summed E-state index contributed by atoms with van der Waals surface area (Å²) in [5, 5.41) is 21.9. The molecule has 0 amide bonds. The van der Waals surface area contributed by atoms with Crippen LogP contribution < -0.4 is 0 Å². The Morgan fingerprint density at radius 2 is 1.38 bits per heavy atom. The maximum absolute atomic E-state index is 11.0. The van der Waals surface area contributed by atoms with Gasteiger partial charge in [0.1, 0.15) is 0 Å². The number of allylic oxidation sites excluding steroid dienone is 2. The molecule has 0 radical (unpaired) electrons. The molecule has 9 atom stereocenters. The molecule has 0 aromatic heterocycles. The van der Waals surface area contributed by atoms with Gasteiger partial charge in [0.05, 0.1) is 12.2 Å². The molecule has 0 aromatic carbocycles. The lowest BCUT2D eigenvalue weighted by Gasteiger charge is -2.72. The van der Waals surface area contributed by atoms with Crippen molar-refractivity contribution in [2.75, 3.05) is 0 Å². The lowest BCUT2D eigenvalue weighted by atomic mass is 9.32. The SMILES string of the molecule is CC1(C)C=C2[C@H]3CC[C@@H]4[C@@]5(C)C[C@@H](O)[C@H](O)C(C)(C)[C@@H]5CC[C@@]4(C)[C@]3(C)CC[C@@]2(C)CC1. The first-order valence-electron chi connectivity index (χ1n) is 13.7. The van der Waals surface area contributed by atoms with E-state index in [4.69, 9.17) is 0 Å². The van der Waals surface area contributed by atoms with Crippen LogP contribution in [0.4, 0.5) is 0 Å². The van der Waals surface area contributed by atoms with Crippen molar-refractivity contribution in [3.63, 3.8) is 0 Å². The van der Waals surface area contributed by atoms with Crippen LogP contribution >= 0.6 is 0 Å². The van der Waals surface area contributed by atoms with Crippen LogP contribution in [0.15, 0.2) is 11.6 Å². The first-order valence-corrected chi connectivity index (χ1v) is 13.7. The van der Waals surface area contributed by atoms with E-state index in [1.165, 1.54) is 51.4 Å². The third-order valence-electron chi connectivity index (χ3n) is 12.9. The Balaban J connectivity index is 1.57. The first kappa shape index (κ1) is 23.4. The lowest BCUT2D eigenvalue weighted by molar-refractivity contribution is -0.250. The van der Waals surface area contributed by atoms with Crippen LogP contribution in [0.1, 0.15) is 113 Å². The smallest absolute Gasteiger partial charge is 0.0852 e. The van der Waals surface area contributed by atoms with Gasteiger partial charge in [-0.1, -0.05) is 67.0 Å². The van der Waals surface area contributed by atoms with E-state index >= 15 is 0 Å². The van der Waals surface area contributed by atoms with Crippen LogP contribution in [0.2, 0.25) is 0 Å². The van der Waals surface area contributed by atoms with Crippen molar-refractivity contribution in [2.45, 2.75) is 125 Å². The van der Waals surface area contributed by atoms with Crippen LogP contribution in [0.5, 0.6) is 0 Å². The van der Waals surface area contributed by atoms with E-state index in [0.29, 0.717) is 39.4 Å². The Morgan fingerprint density at radius 1 is 0.719 bits per heavy atom. The average Bonchev–Trinajstić information content (AvgIpc) is 2.68. The van der Waals surface area contributed by atoms with Gasteiger partial charge in [-0.05, 0) is 108 Å². The minimum atomic E-state index is -0.595. The van der Waals surface area contributed by atoms with E-state index < -0.39 is 12.2 Å². The van der Waals surface area contributed by atoms with Crippen molar-refractivity contribution in [1.82, 2.24) is 0 Å². The number of fused-ring (bicyclic) bond motifs is 7. The maximum atomic E-state index is 11.0. The van der Waals surface area contributed by atoms with Gasteiger partial charge in [-0.2, -0.15) is 0 Å². The molecular formula is C30H50O2. The van der Waals surface area contributed by atoms with Crippen LogP contribution in [0.3, 0.4) is 0 Å².